The summed E-state index contributed by atoms with van der Waals surface area (Å²) >= 11 is 0. The van der Waals surface area contributed by atoms with E-state index in [9.17, 15) is 18.8 Å². The van der Waals surface area contributed by atoms with Crippen molar-refractivity contribution >= 4 is 23.6 Å². The molecule has 1 aromatic carbocycles. The summed E-state index contributed by atoms with van der Waals surface area (Å²) in [7, 11) is 1.66. The van der Waals surface area contributed by atoms with Crippen LogP contribution in [0.2, 0.25) is 0 Å². The standard InChI is InChI=1S/C18H14FNO5/c1-20-10-12(17(23)11-2-4-13(19)5-3-11)8-14(20)6-7-15(21)9-16(22)18(24)25/h2-10,22H,1H3,(H,24,25)/b7-6+,16-9-. The van der Waals surface area contributed by atoms with Crippen molar-refractivity contribution in [3.63, 3.8) is 0 Å². The predicted octanol–water partition coefficient (Wildman–Crippen LogP) is 2.50. The molecule has 0 atom stereocenters. The number of aryl methyl sites for hydroxylation is 1. The summed E-state index contributed by atoms with van der Waals surface area (Å²) in [6.45, 7) is 0. The lowest BCUT2D eigenvalue weighted by atomic mass is 10.1. The molecule has 6 nitrogen and oxygen atoms in total. The van der Waals surface area contributed by atoms with Crippen molar-refractivity contribution < 1.29 is 29.0 Å². The lowest BCUT2D eigenvalue weighted by Crippen LogP contribution is -2.01. The number of carboxylic acid groups (broad SMARTS) is 1. The first-order valence-corrected chi connectivity index (χ1v) is 7.10. The minimum Gasteiger partial charge on any atom is -0.502 e. The molecule has 7 heteroatoms. The number of aliphatic hydroxyl groups is 1. The van der Waals surface area contributed by atoms with Gasteiger partial charge < -0.3 is 14.8 Å². The molecule has 0 unspecified atom stereocenters. The van der Waals surface area contributed by atoms with Crippen LogP contribution < -0.4 is 0 Å². The van der Waals surface area contributed by atoms with Gasteiger partial charge in [-0.2, -0.15) is 0 Å². The third kappa shape index (κ3) is 4.51. The lowest BCUT2D eigenvalue weighted by Gasteiger charge is -1.97. The Balaban J connectivity index is 2.20. The topological polar surface area (TPSA) is 96.6 Å². The van der Waals surface area contributed by atoms with Crippen molar-refractivity contribution in [2.45, 2.75) is 0 Å². The largest absolute Gasteiger partial charge is 0.502 e. The summed E-state index contributed by atoms with van der Waals surface area (Å²) in [6, 6.07) is 6.68. The van der Waals surface area contributed by atoms with Crippen LogP contribution in [-0.4, -0.2) is 32.3 Å². The number of aromatic nitrogens is 1. The number of carbonyl (C=O) groups excluding carboxylic acids is 2. The number of nitrogens with zero attached hydrogens (tertiary/aromatic N) is 1. The first-order chi connectivity index (χ1) is 11.8. The number of halogens is 1. The van der Waals surface area contributed by atoms with Gasteiger partial charge in [0.1, 0.15) is 5.82 Å². The van der Waals surface area contributed by atoms with E-state index in [1.165, 1.54) is 36.4 Å². The Kier molecular flexibility index (Phi) is 5.28. The fraction of sp³-hybridized carbons (Fsp3) is 0.0556. The number of aliphatic hydroxyl groups excluding tert-OH is 1. The lowest BCUT2D eigenvalue weighted by molar-refractivity contribution is -0.135. The number of ketones is 2. The van der Waals surface area contributed by atoms with E-state index in [2.05, 4.69) is 0 Å². The van der Waals surface area contributed by atoms with Gasteiger partial charge >= 0.3 is 5.97 Å². The van der Waals surface area contributed by atoms with Crippen LogP contribution in [-0.2, 0) is 16.6 Å². The fourth-order valence-corrected chi connectivity index (χ4v) is 2.05. The zero-order valence-corrected chi connectivity index (χ0v) is 13.1. The quantitative estimate of drug-likeness (QED) is 0.477. The zero-order valence-electron chi connectivity index (χ0n) is 13.1. The Morgan fingerprint density at radius 2 is 1.72 bits per heavy atom. The molecule has 0 aliphatic heterocycles. The summed E-state index contributed by atoms with van der Waals surface area (Å²) in [5.41, 5.74) is 1.19. The number of hydrogen-bond acceptors (Lipinski definition) is 4. The maximum atomic E-state index is 12.9. The molecule has 1 heterocycles. The predicted molar refractivity (Wildman–Crippen MR) is 87.6 cm³/mol. The molecule has 0 fully saturated rings. The molecule has 0 aliphatic carbocycles. The van der Waals surface area contributed by atoms with Crippen LogP contribution in [0.15, 0.2) is 54.4 Å². The molecule has 128 valence electrons. The maximum absolute atomic E-state index is 12.9. The third-order valence-electron chi connectivity index (χ3n) is 3.33. The van der Waals surface area contributed by atoms with Crippen molar-refractivity contribution in [3.05, 3.63) is 77.1 Å². The van der Waals surface area contributed by atoms with Gasteiger partial charge in [0.15, 0.2) is 11.6 Å². The van der Waals surface area contributed by atoms with E-state index in [0.29, 0.717) is 22.9 Å². The monoisotopic (exact) mass is 343 g/mol. The van der Waals surface area contributed by atoms with Crippen LogP contribution in [0, 0.1) is 5.82 Å². The molecule has 0 saturated carbocycles. The summed E-state index contributed by atoms with van der Waals surface area (Å²) in [6.07, 6.45) is 4.59. The molecule has 2 aromatic rings. The van der Waals surface area contributed by atoms with Crippen LogP contribution >= 0.6 is 0 Å². The molecule has 0 bridgehead atoms. The molecular weight excluding hydrogens is 329 g/mol. The van der Waals surface area contributed by atoms with Gasteiger partial charge in [-0.15, -0.1) is 0 Å². The number of carbonyl (C=O) groups is 3. The summed E-state index contributed by atoms with van der Waals surface area (Å²) < 4.78 is 14.5. The summed E-state index contributed by atoms with van der Waals surface area (Å²) in [5, 5.41) is 17.5. The Morgan fingerprint density at radius 3 is 2.32 bits per heavy atom. The molecule has 0 saturated heterocycles. The van der Waals surface area contributed by atoms with Gasteiger partial charge in [-0.05, 0) is 42.5 Å². The molecule has 0 spiro atoms. The minimum absolute atomic E-state index is 0.301. The van der Waals surface area contributed by atoms with Crippen LogP contribution in [0.25, 0.3) is 6.08 Å². The SMILES string of the molecule is Cn1cc(C(=O)c2ccc(F)cc2)cc1/C=C/C(=O)/C=C(\O)C(=O)O. The average Bonchev–Trinajstić information content (AvgIpc) is 2.93. The van der Waals surface area contributed by atoms with Crippen molar-refractivity contribution in [2.75, 3.05) is 0 Å². The molecule has 0 aliphatic rings. The van der Waals surface area contributed by atoms with E-state index >= 15 is 0 Å². The summed E-state index contributed by atoms with van der Waals surface area (Å²) in [5.74, 6) is -4.12. The van der Waals surface area contributed by atoms with Crippen molar-refractivity contribution in [2.24, 2.45) is 7.05 Å². The fourth-order valence-electron chi connectivity index (χ4n) is 2.05. The number of aliphatic carboxylic acids is 1. The van der Waals surface area contributed by atoms with Crippen molar-refractivity contribution in [3.8, 4) is 0 Å². The molecule has 1 aromatic heterocycles. The van der Waals surface area contributed by atoms with Gasteiger partial charge in [-0.3, -0.25) is 9.59 Å². The highest BCUT2D eigenvalue weighted by Crippen LogP contribution is 2.15. The van der Waals surface area contributed by atoms with E-state index in [0.717, 1.165) is 6.08 Å². The first kappa shape index (κ1) is 17.9. The minimum atomic E-state index is -1.60. The Labute approximate surface area is 142 Å². The Hall–Kier alpha value is -3.48. The van der Waals surface area contributed by atoms with Crippen LogP contribution in [0.5, 0.6) is 0 Å². The highest BCUT2D eigenvalue weighted by Gasteiger charge is 2.12. The molecule has 0 radical (unpaired) electrons. The Bertz CT molecular complexity index is 891. The van der Waals surface area contributed by atoms with Gasteiger partial charge in [0.05, 0.1) is 0 Å². The second-order valence-electron chi connectivity index (χ2n) is 5.17. The van der Waals surface area contributed by atoms with Gasteiger partial charge in [-0.1, -0.05) is 0 Å². The van der Waals surface area contributed by atoms with Gasteiger partial charge in [0.2, 0.25) is 5.76 Å². The van der Waals surface area contributed by atoms with Crippen LogP contribution in [0.4, 0.5) is 4.39 Å². The van der Waals surface area contributed by atoms with Gasteiger partial charge in [-0.25, -0.2) is 9.18 Å². The molecule has 2 N–H and O–H groups in total. The third-order valence-corrected chi connectivity index (χ3v) is 3.33. The summed E-state index contributed by atoms with van der Waals surface area (Å²) in [4.78, 5) is 34.3. The first-order valence-electron chi connectivity index (χ1n) is 7.10. The number of allylic oxidation sites excluding steroid dienone is 2. The highest BCUT2D eigenvalue weighted by atomic mass is 19.1. The van der Waals surface area contributed by atoms with Crippen molar-refractivity contribution in [1.29, 1.82) is 0 Å². The average molecular weight is 343 g/mol. The second kappa shape index (κ2) is 7.39. The molecule has 25 heavy (non-hydrogen) atoms. The van der Waals surface area contributed by atoms with Crippen molar-refractivity contribution in [1.82, 2.24) is 4.57 Å². The maximum Gasteiger partial charge on any atom is 0.371 e. The smallest absolute Gasteiger partial charge is 0.371 e. The second-order valence-corrected chi connectivity index (χ2v) is 5.17. The van der Waals surface area contributed by atoms with E-state index in [4.69, 9.17) is 10.2 Å². The van der Waals surface area contributed by atoms with Crippen LogP contribution in [0.1, 0.15) is 21.6 Å². The molecular formula is C18H14FNO5. The molecule has 2 rings (SSSR count). The Morgan fingerprint density at radius 1 is 1.08 bits per heavy atom. The van der Waals surface area contributed by atoms with E-state index < -0.39 is 23.3 Å². The van der Waals surface area contributed by atoms with Gasteiger partial charge in [0.25, 0.3) is 0 Å². The van der Waals surface area contributed by atoms with Gasteiger partial charge in [0, 0.05) is 36.1 Å². The van der Waals surface area contributed by atoms with E-state index in [-0.39, 0.29) is 5.78 Å². The highest BCUT2D eigenvalue weighted by molar-refractivity contribution is 6.09. The number of hydrogen-bond donors (Lipinski definition) is 2. The zero-order chi connectivity index (χ0) is 18.6. The van der Waals surface area contributed by atoms with E-state index in [1.807, 2.05) is 0 Å². The number of carboxylic acids is 1. The molecule has 0 amide bonds. The van der Waals surface area contributed by atoms with Crippen LogP contribution in [0.3, 0.4) is 0 Å². The number of rotatable bonds is 6. The number of benzene rings is 1. The normalized spacial score (nSPS) is 11.7. The van der Waals surface area contributed by atoms with E-state index in [1.54, 1.807) is 17.8 Å².